The molecule has 1 atom stereocenters. The maximum atomic E-state index is 2.41. The molecule has 0 aliphatic heterocycles. The van der Waals surface area contributed by atoms with Gasteiger partial charge in [0.05, 0.1) is 0 Å². The van der Waals surface area contributed by atoms with Crippen LogP contribution in [0, 0.1) is 0 Å². The van der Waals surface area contributed by atoms with E-state index in [0.717, 1.165) is 0 Å². The molecule has 0 spiro atoms. The van der Waals surface area contributed by atoms with Crippen LogP contribution in [-0.2, 0) is 0 Å². The van der Waals surface area contributed by atoms with Gasteiger partial charge in [-0.05, 0) is 19.1 Å². The van der Waals surface area contributed by atoms with Crippen molar-refractivity contribution in [3.63, 3.8) is 0 Å². The number of thioether (sulfide) groups is 1. The number of hydrogen-bond acceptors (Lipinski definition) is 1. The van der Waals surface area contributed by atoms with Gasteiger partial charge in [-0.25, -0.2) is 0 Å². The molecule has 0 aromatic rings. The molecule has 0 rings (SSSR count). The minimum absolute atomic E-state index is 0.559. The molecule has 0 amide bonds. The highest BCUT2D eigenvalue weighted by atomic mass is 32.2. The predicted molar refractivity (Wildman–Crippen MR) is 61.0 cm³/mol. The zero-order chi connectivity index (χ0) is 9.45. The zero-order valence-electron chi connectivity index (χ0n) is 9.15. The lowest BCUT2D eigenvalue weighted by Crippen LogP contribution is -2.18. The third-order valence-electron chi connectivity index (χ3n) is 2.58. The van der Waals surface area contributed by atoms with Crippen molar-refractivity contribution in [3.05, 3.63) is 0 Å². The van der Waals surface area contributed by atoms with Gasteiger partial charge < -0.3 is 0 Å². The van der Waals surface area contributed by atoms with Gasteiger partial charge in [-0.3, -0.25) is 0 Å². The average molecular weight is 188 g/mol. The summed E-state index contributed by atoms with van der Waals surface area (Å²) >= 11 is 2.05. The molecule has 0 aromatic heterocycles. The highest BCUT2D eigenvalue weighted by Gasteiger charge is 2.20. The molecular weight excluding hydrogens is 164 g/mol. The van der Waals surface area contributed by atoms with Crippen molar-refractivity contribution in [1.82, 2.24) is 0 Å². The second kappa shape index (κ2) is 6.82. The monoisotopic (exact) mass is 188 g/mol. The summed E-state index contributed by atoms with van der Waals surface area (Å²) in [6, 6.07) is 0. The zero-order valence-corrected chi connectivity index (χ0v) is 9.97. The lowest BCUT2D eigenvalue weighted by atomic mass is 9.97. The van der Waals surface area contributed by atoms with Crippen LogP contribution in [0.15, 0.2) is 0 Å². The first-order valence-electron chi connectivity index (χ1n) is 5.23. The molecule has 0 aromatic carbocycles. The Morgan fingerprint density at radius 3 is 2.08 bits per heavy atom. The van der Waals surface area contributed by atoms with E-state index < -0.39 is 0 Å². The largest absolute Gasteiger partial charge is 0.159 e. The van der Waals surface area contributed by atoms with Gasteiger partial charge in [0, 0.05) is 4.75 Å². The van der Waals surface area contributed by atoms with Gasteiger partial charge >= 0.3 is 0 Å². The van der Waals surface area contributed by atoms with Crippen LogP contribution < -0.4 is 0 Å². The van der Waals surface area contributed by atoms with Crippen LogP contribution in [0.5, 0.6) is 0 Å². The second-order valence-electron chi connectivity index (χ2n) is 3.86. The molecule has 0 N–H and O–H groups in total. The Morgan fingerprint density at radius 1 is 1.00 bits per heavy atom. The van der Waals surface area contributed by atoms with Crippen LogP contribution in [0.25, 0.3) is 0 Å². The molecule has 0 bridgehead atoms. The lowest BCUT2D eigenvalue weighted by molar-refractivity contribution is 0.503. The number of rotatable bonds is 7. The highest BCUT2D eigenvalue weighted by Crippen LogP contribution is 2.33. The molecule has 0 saturated heterocycles. The molecule has 74 valence electrons. The number of hydrogen-bond donors (Lipinski definition) is 0. The van der Waals surface area contributed by atoms with Crippen molar-refractivity contribution in [1.29, 1.82) is 0 Å². The maximum Gasteiger partial charge on any atom is 0.0129 e. The van der Waals surface area contributed by atoms with E-state index in [1.165, 1.54) is 38.5 Å². The van der Waals surface area contributed by atoms with Gasteiger partial charge in [0.25, 0.3) is 0 Å². The molecule has 0 nitrogen and oxygen atoms in total. The summed E-state index contributed by atoms with van der Waals surface area (Å²) in [4.78, 5) is 0. The van der Waals surface area contributed by atoms with Crippen LogP contribution in [0.1, 0.15) is 59.3 Å². The SMILES string of the molecule is CCCCCC(C)(CCC)SC. The fourth-order valence-electron chi connectivity index (χ4n) is 1.61. The van der Waals surface area contributed by atoms with E-state index in [9.17, 15) is 0 Å². The van der Waals surface area contributed by atoms with Gasteiger partial charge in [0.1, 0.15) is 0 Å². The quantitative estimate of drug-likeness (QED) is 0.530. The number of unbranched alkanes of at least 4 members (excludes halogenated alkanes) is 2. The normalized spacial score (nSPS) is 16.0. The van der Waals surface area contributed by atoms with Gasteiger partial charge in [-0.15, -0.1) is 0 Å². The predicted octanol–water partition coefficient (Wildman–Crippen LogP) is 4.49. The molecule has 0 heterocycles. The molecule has 0 aliphatic carbocycles. The summed E-state index contributed by atoms with van der Waals surface area (Å²) < 4.78 is 0.559. The Balaban J connectivity index is 3.63. The van der Waals surface area contributed by atoms with E-state index >= 15 is 0 Å². The Bertz CT molecular complexity index is 101. The lowest BCUT2D eigenvalue weighted by Gasteiger charge is -2.26. The molecule has 0 radical (unpaired) electrons. The van der Waals surface area contributed by atoms with Gasteiger partial charge in [0.2, 0.25) is 0 Å². The van der Waals surface area contributed by atoms with Crippen LogP contribution in [0.3, 0.4) is 0 Å². The van der Waals surface area contributed by atoms with E-state index in [-0.39, 0.29) is 0 Å². The van der Waals surface area contributed by atoms with E-state index in [2.05, 4.69) is 27.0 Å². The van der Waals surface area contributed by atoms with E-state index in [1.807, 2.05) is 11.8 Å². The van der Waals surface area contributed by atoms with Crippen LogP contribution in [0.4, 0.5) is 0 Å². The van der Waals surface area contributed by atoms with E-state index in [4.69, 9.17) is 0 Å². The Labute approximate surface area is 82.5 Å². The maximum absolute atomic E-state index is 2.41. The molecular formula is C11H24S. The summed E-state index contributed by atoms with van der Waals surface area (Å²) in [6.07, 6.45) is 10.5. The van der Waals surface area contributed by atoms with E-state index in [1.54, 1.807) is 0 Å². The molecule has 0 saturated carbocycles. The van der Waals surface area contributed by atoms with Gasteiger partial charge in [0.15, 0.2) is 0 Å². The second-order valence-corrected chi connectivity index (χ2v) is 5.25. The van der Waals surface area contributed by atoms with Crippen LogP contribution >= 0.6 is 11.8 Å². The fourth-order valence-corrected chi connectivity index (χ4v) is 2.36. The summed E-state index contributed by atoms with van der Waals surface area (Å²) in [5.74, 6) is 0. The Kier molecular flexibility index (Phi) is 7.02. The summed E-state index contributed by atoms with van der Waals surface area (Å²) in [5, 5.41) is 0. The minimum atomic E-state index is 0.559. The summed E-state index contributed by atoms with van der Waals surface area (Å²) in [5.41, 5.74) is 0. The van der Waals surface area contributed by atoms with Crippen molar-refractivity contribution in [2.45, 2.75) is 64.0 Å². The van der Waals surface area contributed by atoms with Crippen molar-refractivity contribution in [2.75, 3.05) is 6.26 Å². The average Bonchev–Trinajstić information content (AvgIpc) is 2.06. The third kappa shape index (κ3) is 5.08. The smallest absolute Gasteiger partial charge is 0.0129 e. The van der Waals surface area contributed by atoms with Crippen LogP contribution in [-0.4, -0.2) is 11.0 Å². The van der Waals surface area contributed by atoms with Crippen molar-refractivity contribution in [2.24, 2.45) is 0 Å². The van der Waals surface area contributed by atoms with Crippen LogP contribution in [0.2, 0.25) is 0 Å². The van der Waals surface area contributed by atoms with Gasteiger partial charge in [-0.2, -0.15) is 11.8 Å². The summed E-state index contributed by atoms with van der Waals surface area (Å²) in [6.45, 7) is 6.97. The molecule has 0 aliphatic rings. The third-order valence-corrected chi connectivity index (χ3v) is 3.97. The Hall–Kier alpha value is 0.350. The first kappa shape index (κ1) is 12.3. The first-order valence-corrected chi connectivity index (χ1v) is 6.46. The highest BCUT2D eigenvalue weighted by molar-refractivity contribution is 7.99. The van der Waals surface area contributed by atoms with Crippen molar-refractivity contribution in [3.8, 4) is 0 Å². The van der Waals surface area contributed by atoms with Crippen molar-refractivity contribution >= 4 is 11.8 Å². The molecule has 1 unspecified atom stereocenters. The standard InChI is InChI=1S/C11H24S/c1-5-7-8-10-11(3,12-4)9-6-2/h5-10H2,1-4H3. The molecule has 0 fully saturated rings. The first-order chi connectivity index (χ1) is 5.68. The fraction of sp³-hybridized carbons (Fsp3) is 1.00. The van der Waals surface area contributed by atoms with Crippen molar-refractivity contribution < 1.29 is 0 Å². The van der Waals surface area contributed by atoms with E-state index in [0.29, 0.717) is 4.75 Å². The molecule has 12 heavy (non-hydrogen) atoms. The molecule has 1 heteroatoms. The minimum Gasteiger partial charge on any atom is -0.159 e. The van der Waals surface area contributed by atoms with Gasteiger partial charge in [-0.1, -0.05) is 46.5 Å². The summed E-state index contributed by atoms with van der Waals surface area (Å²) in [7, 11) is 0. The topological polar surface area (TPSA) is 0 Å². The Morgan fingerprint density at radius 2 is 1.67 bits per heavy atom.